The van der Waals surface area contributed by atoms with Crippen LogP contribution in [0.15, 0.2) is 67.2 Å². The molecule has 1 aromatic rings. The maximum absolute atomic E-state index is 5.92. The summed E-state index contributed by atoms with van der Waals surface area (Å²) in [7, 11) is -4.11. The van der Waals surface area contributed by atoms with Gasteiger partial charge in [0.25, 0.3) is 0 Å². The van der Waals surface area contributed by atoms with Gasteiger partial charge in [0, 0.05) is 0 Å². The van der Waals surface area contributed by atoms with Crippen LogP contribution in [0.4, 0.5) is 0 Å². The summed E-state index contributed by atoms with van der Waals surface area (Å²) in [5.74, 6) is 0. The van der Waals surface area contributed by atoms with Crippen molar-refractivity contribution in [1.82, 2.24) is 0 Å². The van der Waals surface area contributed by atoms with Gasteiger partial charge in [0.1, 0.15) is 20.2 Å². The molecule has 0 aliphatic rings. The minimum absolute atomic E-state index is 0. The zero-order chi connectivity index (χ0) is 22.3. The Morgan fingerprint density at radius 3 is 1.43 bits per heavy atom. The fourth-order valence-electron chi connectivity index (χ4n) is 1.42. The Labute approximate surface area is 199 Å². The van der Waals surface area contributed by atoms with Crippen LogP contribution < -0.4 is 5.19 Å². The highest BCUT2D eigenvalue weighted by Gasteiger charge is 2.16. The van der Waals surface area contributed by atoms with Crippen LogP contribution in [0.3, 0.4) is 0 Å². The third kappa shape index (κ3) is 22.3. The molecule has 0 spiro atoms. The van der Waals surface area contributed by atoms with E-state index in [9.17, 15) is 0 Å². The smallest absolute Gasteiger partial charge is 0.197 e. The lowest BCUT2D eigenvalue weighted by molar-refractivity contribution is 0.609. The fraction of sp³-hybridized carbons (Fsp3) is 0.429. The van der Waals surface area contributed by atoms with Crippen molar-refractivity contribution < 1.29 is 12.3 Å². The SMILES string of the molecule is C.C.C=C[Si](C)(C)O[SiH2]C.C=C[Si](C)(C)O[SiH2]c1ccccc1.C=C[Si](C)(C)O[SiH3]. The molecule has 0 fully saturated rings. The zero-order valence-corrected chi connectivity index (χ0v) is 27.2. The van der Waals surface area contributed by atoms with Crippen molar-refractivity contribution in [2.75, 3.05) is 0 Å². The zero-order valence-electron chi connectivity index (χ0n) is 19.4. The highest BCUT2D eigenvalue weighted by molar-refractivity contribution is 6.81. The molecule has 0 heterocycles. The Balaban J connectivity index is -0.000000175. The lowest BCUT2D eigenvalue weighted by Gasteiger charge is -2.18. The first kappa shape index (κ1) is 37.0. The molecule has 30 heavy (non-hydrogen) atoms. The molecule has 176 valence electrons. The molecule has 9 heteroatoms. The summed E-state index contributed by atoms with van der Waals surface area (Å²) in [6.45, 7) is 26.3. The van der Waals surface area contributed by atoms with Crippen LogP contribution in [0, 0.1) is 0 Å². The molecule has 0 aliphatic heterocycles. The van der Waals surface area contributed by atoms with Gasteiger partial charge in [-0.3, -0.25) is 0 Å². The van der Waals surface area contributed by atoms with Gasteiger partial charge in [0.2, 0.25) is 0 Å². The van der Waals surface area contributed by atoms with Crippen LogP contribution in [0.5, 0.6) is 0 Å². The van der Waals surface area contributed by atoms with E-state index >= 15 is 0 Å². The summed E-state index contributed by atoms with van der Waals surface area (Å²) in [6, 6.07) is 10.4. The van der Waals surface area contributed by atoms with Crippen LogP contribution in [-0.2, 0) is 12.3 Å². The summed E-state index contributed by atoms with van der Waals surface area (Å²) in [4.78, 5) is 0. The number of hydrogen-bond acceptors (Lipinski definition) is 3. The van der Waals surface area contributed by atoms with Gasteiger partial charge in [0.05, 0.1) is 0 Å². The van der Waals surface area contributed by atoms with E-state index in [1.807, 2.05) is 23.2 Å². The van der Waals surface area contributed by atoms with Gasteiger partial charge in [-0.15, -0.1) is 19.7 Å². The van der Waals surface area contributed by atoms with Crippen molar-refractivity contribution in [3.8, 4) is 0 Å². The lowest BCUT2D eigenvalue weighted by atomic mass is 10.4. The Morgan fingerprint density at radius 2 is 1.17 bits per heavy atom. The van der Waals surface area contributed by atoms with Crippen LogP contribution in [0.25, 0.3) is 0 Å². The molecular weight excluding hydrogens is 469 g/mol. The van der Waals surface area contributed by atoms with Gasteiger partial charge in [-0.2, -0.15) is 0 Å². The molecule has 0 bridgehead atoms. The summed E-state index contributed by atoms with van der Waals surface area (Å²) in [5.41, 5.74) is 5.91. The van der Waals surface area contributed by atoms with Crippen molar-refractivity contribution in [2.45, 2.75) is 60.7 Å². The largest absolute Gasteiger partial charge is 0.461 e. The second-order valence-corrected chi connectivity index (χ2v) is 24.3. The average molecular weight is 519 g/mol. The number of hydrogen-bond donors (Lipinski definition) is 0. The lowest BCUT2D eigenvalue weighted by Crippen LogP contribution is -2.33. The first-order valence-corrected chi connectivity index (χ1v) is 22.7. The second kappa shape index (κ2) is 19.3. The molecule has 0 amide bonds. The highest BCUT2D eigenvalue weighted by atomic mass is 28.4. The fourth-order valence-corrected chi connectivity index (χ4v) is 8.62. The predicted octanol–water partition coefficient (Wildman–Crippen LogP) is 3.89. The van der Waals surface area contributed by atoms with Crippen molar-refractivity contribution in [3.05, 3.63) is 67.2 Å². The van der Waals surface area contributed by atoms with Gasteiger partial charge in [-0.05, 0) is 44.5 Å². The summed E-state index contributed by atoms with van der Waals surface area (Å²) in [5, 5.41) is 1.37. The van der Waals surface area contributed by atoms with Crippen molar-refractivity contribution in [3.63, 3.8) is 0 Å². The normalized spacial score (nSPS) is 11.4. The summed E-state index contributed by atoms with van der Waals surface area (Å²) in [6.07, 6.45) is 0. The Hall–Kier alpha value is -0.379. The maximum atomic E-state index is 5.92. The second-order valence-electron chi connectivity index (χ2n) is 7.83. The van der Waals surface area contributed by atoms with Gasteiger partial charge in [0.15, 0.2) is 34.7 Å². The average Bonchev–Trinajstić information content (AvgIpc) is 2.68. The molecule has 0 unspecified atom stereocenters. The minimum atomic E-state index is -1.53. The van der Waals surface area contributed by atoms with Gasteiger partial charge >= 0.3 is 0 Å². The maximum Gasteiger partial charge on any atom is 0.197 e. The molecule has 1 rings (SSSR count). The van der Waals surface area contributed by atoms with Crippen LogP contribution >= 0.6 is 0 Å². The van der Waals surface area contributed by atoms with E-state index in [1.54, 1.807) is 0 Å². The molecule has 0 aromatic heterocycles. The Kier molecular flexibility index (Phi) is 23.8. The monoisotopic (exact) mass is 518 g/mol. The van der Waals surface area contributed by atoms with Gasteiger partial charge in [-0.25, -0.2) is 0 Å². The molecular formula is C21H50O3Si6. The molecule has 1 aromatic carbocycles. The van der Waals surface area contributed by atoms with Gasteiger partial charge in [-0.1, -0.05) is 68.8 Å². The Morgan fingerprint density at radius 1 is 0.767 bits per heavy atom. The summed E-state index contributed by atoms with van der Waals surface area (Å²) < 4.78 is 16.7. The minimum Gasteiger partial charge on any atom is -0.461 e. The number of rotatable bonds is 9. The summed E-state index contributed by atoms with van der Waals surface area (Å²) >= 11 is 0. The quantitative estimate of drug-likeness (QED) is 0.464. The molecule has 0 N–H and O–H groups in total. The highest BCUT2D eigenvalue weighted by Crippen LogP contribution is 2.03. The van der Waals surface area contributed by atoms with Crippen molar-refractivity contribution >= 4 is 60.2 Å². The van der Waals surface area contributed by atoms with Gasteiger partial charge < -0.3 is 12.3 Å². The molecule has 3 nitrogen and oxygen atoms in total. The van der Waals surface area contributed by atoms with E-state index in [-0.39, 0.29) is 24.6 Å². The van der Waals surface area contributed by atoms with E-state index in [0.717, 1.165) is 10.5 Å². The van der Waals surface area contributed by atoms with Crippen LogP contribution in [-0.4, -0.2) is 55.0 Å². The van der Waals surface area contributed by atoms with Crippen LogP contribution in [0.2, 0.25) is 45.8 Å². The van der Waals surface area contributed by atoms with E-state index in [1.165, 1.54) is 5.19 Å². The standard InChI is InChI=1S/C10H16OSi2.C5H14OSi2.C4H12OSi2.2CH4/c1-4-13(2,3)11-12-10-8-6-5-7-9-10;1-5-8(3,4)6-7-2;1-4-7(2,3)5-6;;/h4-9H,1,12H2,2-3H3;5H,1,7H2,2-4H3;4H,1H2,2-3,6H3;2*1H4. The first-order chi connectivity index (χ1) is 12.9. The van der Waals surface area contributed by atoms with E-state index in [2.05, 4.69) is 89.8 Å². The third-order valence-electron chi connectivity index (χ3n) is 3.97. The molecule has 0 saturated heterocycles. The van der Waals surface area contributed by atoms with Crippen molar-refractivity contribution in [2.24, 2.45) is 0 Å². The third-order valence-corrected chi connectivity index (χ3v) is 19.6. The van der Waals surface area contributed by atoms with E-state index in [0.29, 0.717) is 0 Å². The van der Waals surface area contributed by atoms with Crippen LogP contribution in [0.1, 0.15) is 14.9 Å². The van der Waals surface area contributed by atoms with E-state index in [4.69, 9.17) is 12.3 Å². The molecule has 0 atom stereocenters. The van der Waals surface area contributed by atoms with Crippen molar-refractivity contribution in [1.29, 1.82) is 0 Å². The molecule has 0 radical (unpaired) electrons. The topological polar surface area (TPSA) is 27.7 Å². The number of benzene rings is 1. The van der Waals surface area contributed by atoms with E-state index < -0.39 is 34.7 Å². The molecule has 0 aliphatic carbocycles. The predicted molar refractivity (Wildman–Crippen MR) is 159 cm³/mol. The first-order valence-electron chi connectivity index (χ1n) is 9.66. The molecule has 0 saturated carbocycles. The Bertz CT molecular complexity index is 563.